The molecule has 23 heavy (non-hydrogen) atoms. The molecule has 2 atom stereocenters. The van der Waals surface area contributed by atoms with Gasteiger partial charge in [-0.15, -0.1) is 0 Å². The topological polar surface area (TPSA) is 53.0 Å². The first-order chi connectivity index (χ1) is 11.2. The number of aliphatic hydroxyl groups excluding tert-OH is 1. The van der Waals surface area contributed by atoms with Crippen LogP contribution in [0.5, 0.6) is 0 Å². The number of amides is 1. The van der Waals surface area contributed by atoms with E-state index < -0.39 is 0 Å². The molecular formula is C18H32N2O3. The van der Waals surface area contributed by atoms with Gasteiger partial charge in [0.25, 0.3) is 0 Å². The summed E-state index contributed by atoms with van der Waals surface area (Å²) in [4.78, 5) is 17.0. The normalized spacial score (nSPS) is 32.6. The van der Waals surface area contributed by atoms with E-state index in [2.05, 4.69) is 4.90 Å². The molecule has 0 aliphatic carbocycles. The van der Waals surface area contributed by atoms with E-state index in [0.717, 1.165) is 32.5 Å². The average Bonchev–Trinajstić information content (AvgIpc) is 2.78. The molecule has 132 valence electrons. The summed E-state index contributed by atoms with van der Waals surface area (Å²) in [6.07, 6.45) is 7.81. The highest BCUT2D eigenvalue weighted by molar-refractivity contribution is 5.76. The number of hydrogen-bond acceptors (Lipinski definition) is 4. The summed E-state index contributed by atoms with van der Waals surface area (Å²) in [7, 11) is 0. The summed E-state index contributed by atoms with van der Waals surface area (Å²) < 4.78 is 5.55. The minimum Gasteiger partial charge on any atom is -0.396 e. The van der Waals surface area contributed by atoms with Crippen LogP contribution in [0.3, 0.4) is 0 Å². The van der Waals surface area contributed by atoms with Crippen LogP contribution in [-0.2, 0) is 9.53 Å². The van der Waals surface area contributed by atoms with E-state index in [9.17, 15) is 9.90 Å². The SMILES string of the molecule is O=C(CCCN1CCCCCC1)N1C[C@@H]2COCC[C@]2(CO)C1. The molecule has 3 aliphatic rings. The smallest absolute Gasteiger partial charge is 0.222 e. The number of nitrogens with zero attached hydrogens (tertiary/aromatic N) is 2. The monoisotopic (exact) mass is 324 g/mol. The van der Waals surface area contributed by atoms with Crippen LogP contribution >= 0.6 is 0 Å². The standard InChI is InChI=1S/C18H32N2O3/c21-15-18-7-11-23-13-16(18)12-20(14-18)17(22)6-5-10-19-8-3-1-2-4-9-19/h16,21H,1-15H2/t16-,18-/m1/s1. The molecule has 0 radical (unpaired) electrons. The van der Waals surface area contributed by atoms with Gasteiger partial charge in [0.1, 0.15) is 0 Å². The molecule has 3 fully saturated rings. The lowest BCUT2D eigenvalue weighted by molar-refractivity contribution is -0.130. The van der Waals surface area contributed by atoms with Crippen LogP contribution in [0.25, 0.3) is 0 Å². The molecule has 0 unspecified atom stereocenters. The predicted octanol–water partition coefficient (Wildman–Crippen LogP) is 1.50. The first kappa shape index (κ1) is 17.2. The Balaban J connectivity index is 1.43. The summed E-state index contributed by atoms with van der Waals surface area (Å²) in [6, 6.07) is 0. The lowest BCUT2D eigenvalue weighted by Gasteiger charge is -2.36. The predicted molar refractivity (Wildman–Crippen MR) is 89.2 cm³/mol. The lowest BCUT2D eigenvalue weighted by atomic mass is 9.75. The molecule has 3 heterocycles. The molecule has 3 saturated heterocycles. The van der Waals surface area contributed by atoms with E-state index in [1.807, 2.05) is 4.90 Å². The molecule has 0 spiro atoms. The van der Waals surface area contributed by atoms with Crippen molar-refractivity contribution in [3.63, 3.8) is 0 Å². The molecule has 5 nitrogen and oxygen atoms in total. The number of carbonyl (C=O) groups excluding carboxylic acids is 1. The van der Waals surface area contributed by atoms with Crippen molar-refractivity contribution in [1.29, 1.82) is 0 Å². The molecule has 0 aromatic carbocycles. The van der Waals surface area contributed by atoms with Gasteiger partial charge in [0.15, 0.2) is 0 Å². The van der Waals surface area contributed by atoms with Crippen molar-refractivity contribution in [2.24, 2.45) is 11.3 Å². The Bertz CT molecular complexity index is 396. The van der Waals surface area contributed by atoms with Gasteiger partial charge in [-0.2, -0.15) is 0 Å². The number of hydrogen-bond donors (Lipinski definition) is 1. The molecule has 3 aliphatic heterocycles. The van der Waals surface area contributed by atoms with E-state index in [-0.39, 0.29) is 17.9 Å². The third-order valence-electron chi connectivity index (χ3n) is 6.11. The minimum atomic E-state index is -0.0985. The summed E-state index contributed by atoms with van der Waals surface area (Å²) in [5, 5.41) is 9.82. The maximum absolute atomic E-state index is 12.5. The fourth-order valence-corrected chi connectivity index (χ4v) is 4.47. The molecule has 1 N–H and O–H groups in total. The molecule has 0 saturated carbocycles. The van der Waals surface area contributed by atoms with Gasteiger partial charge in [-0.1, -0.05) is 12.8 Å². The molecule has 0 bridgehead atoms. The Morgan fingerprint density at radius 1 is 1.22 bits per heavy atom. The number of carbonyl (C=O) groups is 1. The highest BCUT2D eigenvalue weighted by Gasteiger charge is 2.48. The van der Waals surface area contributed by atoms with E-state index >= 15 is 0 Å². The van der Waals surface area contributed by atoms with Crippen molar-refractivity contribution in [1.82, 2.24) is 9.80 Å². The van der Waals surface area contributed by atoms with Gasteiger partial charge in [-0.25, -0.2) is 0 Å². The van der Waals surface area contributed by atoms with Crippen LogP contribution in [0.1, 0.15) is 44.9 Å². The summed E-state index contributed by atoms with van der Waals surface area (Å²) in [6.45, 7) is 6.53. The molecule has 0 aromatic heterocycles. The Morgan fingerprint density at radius 2 is 2.00 bits per heavy atom. The lowest BCUT2D eigenvalue weighted by Crippen LogP contribution is -2.41. The zero-order valence-corrected chi connectivity index (χ0v) is 14.3. The van der Waals surface area contributed by atoms with Crippen LogP contribution < -0.4 is 0 Å². The minimum absolute atomic E-state index is 0.0985. The third-order valence-corrected chi connectivity index (χ3v) is 6.11. The summed E-state index contributed by atoms with van der Waals surface area (Å²) in [5.41, 5.74) is -0.0985. The second-order valence-electron chi connectivity index (χ2n) is 7.68. The van der Waals surface area contributed by atoms with Gasteiger partial charge in [-0.3, -0.25) is 4.79 Å². The Kier molecular flexibility index (Phi) is 5.94. The highest BCUT2D eigenvalue weighted by Crippen LogP contribution is 2.41. The quantitative estimate of drug-likeness (QED) is 0.833. The fraction of sp³-hybridized carbons (Fsp3) is 0.944. The largest absolute Gasteiger partial charge is 0.396 e. The van der Waals surface area contributed by atoms with Crippen molar-refractivity contribution < 1.29 is 14.6 Å². The second-order valence-corrected chi connectivity index (χ2v) is 7.68. The van der Waals surface area contributed by atoms with E-state index in [4.69, 9.17) is 4.74 Å². The van der Waals surface area contributed by atoms with Crippen molar-refractivity contribution in [2.75, 3.05) is 52.5 Å². The third kappa shape index (κ3) is 4.06. The Labute approximate surface area is 140 Å². The van der Waals surface area contributed by atoms with E-state index in [0.29, 0.717) is 25.6 Å². The Hall–Kier alpha value is -0.650. The first-order valence-corrected chi connectivity index (χ1v) is 9.42. The maximum Gasteiger partial charge on any atom is 0.222 e. The van der Waals surface area contributed by atoms with E-state index in [1.165, 1.54) is 38.8 Å². The van der Waals surface area contributed by atoms with Gasteiger partial charge >= 0.3 is 0 Å². The van der Waals surface area contributed by atoms with Crippen LogP contribution in [0.4, 0.5) is 0 Å². The van der Waals surface area contributed by atoms with Crippen LogP contribution in [0.2, 0.25) is 0 Å². The van der Waals surface area contributed by atoms with Crippen molar-refractivity contribution in [3.05, 3.63) is 0 Å². The van der Waals surface area contributed by atoms with E-state index in [1.54, 1.807) is 0 Å². The second kappa shape index (κ2) is 7.95. The van der Waals surface area contributed by atoms with Crippen molar-refractivity contribution in [3.8, 4) is 0 Å². The van der Waals surface area contributed by atoms with Gasteiger partial charge in [-0.05, 0) is 45.3 Å². The zero-order valence-electron chi connectivity index (χ0n) is 14.3. The van der Waals surface area contributed by atoms with Crippen LogP contribution in [0.15, 0.2) is 0 Å². The maximum atomic E-state index is 12.5. The number of fused-ring (bicyclic) bond motifs is 1. The summed E-state index contributed by atoms with van der Waals surface area (Å²) >= 11 is 0. The first-order valence-electron chi connectivity index (χ1n) is 9.42. The fourth-order valence-electron chi connectivity index (χ4n) is 4.47. The van der Waals surface area contributed by atoms with Crippen molar-refractivity contribution in [2.45, 2.75) is 44.9 Å². The molecule has 1 amide bonds. The van der Waals surface area contributed by atoms with Gasteiger partial charge in [0.2, 0.25) is 5.91 Å². The molecular weight excluding hydrogens is 292 g/mol. The average molecular weight is 324 g/mol. The molecule has 3 rings (SSSR count). The van der Waals surface area contributed by atoms with Crippen LogP contribution in [-0.4, -0.2) is 73.4 Å². The number of ether oxygens (including phenoxy) is 1. The zero-order chi connectivity index (χ0) is 16.1. The molecule has 5 heteroatoms. The number of rotatable bonds is 5. The van der Waals surface area contributed by atoms with Gasteiger partial charge in [0.05, 0.1) is 13.2 Å². The number of aliphatic hydroxyl groups is 1. The van der Waals surface area contributed by atoms with Crippen molar-refractivity contribution >= 4 is 5.91 Å². The number of likely N-dealkylation sites (tertiary alicyclic amines) is 2. The van der Waals surface area contributed by atoms with Gasteiger partial charge < -0.3 is 19.6 Å². The Morgan fingerprint density at radius 3 is 2.70 bits per heavy atom. The van der Waals surface area contributed by atoms with Gasteiger partial charge in [0, 0.05) is 37.5 Å². The summed E-state index contributed by atoms with van der Waals surface area (Å²) in [5.74, 6) is 0.581. The highest BCUT2D eigenvalue weighted by atomic mass is 16.5. The molecule has 0 aromatic rings. The van der Waals surface area contributed by atoms with Crippen LogP contribution in [0, 0.1) is 11.3 Å².